The van der Waals surface area contributed by atoms with E-state index in [2.05, 4.69) is 0 Å². The van der Waals surface area contributed by atoms with Gasteiger partial charge in [-0.2, -0.15) is 0 Å². The van der Waals surface area contributed by atoms with Crippen LogP contribution in [0.5, 0.6) is 0 Å². The first-order valence-electron chi connectivity index (χ1n) is 2.24. The predicted octanol–water partition coefficient (Wildman–Crippen LogP) is 3.22. The van der Waals surface area contributed by atoms with Gasteiger partial charge >= 0.3 is 64.8 Å². The average molecular weight is 234 g/mol. The Bertz CT molecular complexity index is 83.8. The van der Waals surface area contributed by atoms with E-state index in [-0.39, 0.29) is 0 Å². The summed E-state index contributed by atoms with van der Waals surface area (Å²) in [7, 11) is 14.0. The molecule has 0 amide bonds. The minimum atomic E-state index is -2.78. The van der Waals surface area contributed by atoms with Crippen molar-refractivity contribution in [2.45, 2.75) is 12.2 Å². The van der Waals surface area contributed by atoms with Gasteiger partial charge in [-0.05, 0) is 0 Å². The molecule has 0 aliphatic heterocycles. The fourth-order valence-electron chi connectivity index (χ4n) is 0.251. The van der Waals surface area contributed by atoms with Gasteiger partial charge in [0.25, 0.3) is 0 Å². The molecule has 8 heavy (non-hydrogen) atoms. The van der Waals surface area contributed by atoms with E-state index in [1.807, 2.05) is 19.1 Å². The molecule has 0 saturated heterocycles. The first kappa shape index (κ1) is 9.15. The van der Waals surface area contributed by atoms with Crippen molar-refractivity contribution in [3.8, 4) is 0 Å². The normalized spacial score (nSPS) is 13.0. The predicted molar refractivity (Wildman–Crippen MR) is 42.9 cm³/mol. The molecule has 0 unspecified atom stereocenters. The number of halogens is 3. The summed E-state index contributed by atoms with van der Waals surface area (Å²) >= 11 is 0. The summed E-state index contributed by atoms with van der Waals surface area (Å²) < 4.78 is 0. The van der Waals surface area contributed by atoms with Gasteiger partial charge in [-0.15, -0.1) is 0 Å². The monoisotopic (exact) mass is 234 g/mol. The van der Waals surface area contributed by atoms with Gasteiger partial charge in [0.05, 0.1) is 0 Å². The summed E-state index contributed by atoms with van der Waals surface area (Å²) in [5, 5.41) is 0.668. The Morgan fingerprint density at radius 1 is 1.38 bits per heavy atom. The third-order valence-electron chi connectivity index (χ3n) is 0.585. The number of hydrogen-bond acceptors (Lipinski definition) is 0. The molecule has 0 spiro atoms. The molecule has 0 aliphatic carbocycles. The van der Waals surface area contributed by atoms with Crippen LogP contribution in [0.2, 0.25) is 5.25 Å². The molecule has 0 aromatic carbocycles. The topological polar surface area (TPSA) is 0 Å². The van der Waals surface area contributed by atoms with Crippen molar-refractivity contribution < 1.29 is 0 Å². The maximum absolute atomic E-state index is 5.58. The van der Waals surface area contributed by atoms with Crippen molar-refractivity contribution in [1.29, 1.82) is 0 Å². The molecule has 0 heterocycles. The number of allylic oxidation sites excluding steroid dienone is 2. The zero-order valence-corrected chi connectivity index (χ0v) is 8.86. The van der Waals surface area contributed by atoms with Crippen LogP contribution in [0.3, 0.4) is 0 Å². The van der Waals surface area contributed by atoms with Crippen LogP contribution in [0.4, 0.5) is 0 Å². The van der Waals surface area contributed by atoms with Crippen LogP contribution in [0.1, 0.15) is 6.92 Å². The van der Waals surface area contributed by atoms with Crippen molar-refractivity contribution in [1.82, 2.24) is 0 Å². The summed E-state index contributed by atoms with van der Waals surface area (Å²) in [5.41, 5.74) is 0. The molecule has 0 fully saturated rings. The maximum atomic E-state index is 5.58. The van der Waals surface area contributed by atoms with Gasteiger partial charge in [-0.3, -0.25) is 0 Å². The Hall–Kier alpha value is 1.15. The van der Waals surface area contributed by atoms with Crippen molar-refractivity contribution in [3.63, 3.8) is 0 Å². The van der Waals surface area contributed by atoms with Crippen LogP contribution in [-0.2, 0) is 0 Å². The minimum absolute atomic E-state index is 0.668. The molecule has 0 aromatic rings. The molecule has 0 saturated carbocycles. The third-order valence-corrected chi connectivity index (χ3v) is 4.46. The second-order valence-electron chi connectivity index (χ2n) is 1.39. The summed E-state index contributed by atoms with van der Waals surface area (Å²) in [6.45, 7) is 1.92. The molecule has 0 nitrogen and oxygen atoms in total. The fourth-order valence-corrected chi connectivity index (χ4v) is 2.70. The van der Waals surface area contributed by atoms with E-state index in [9.17, 15) is 0 Å². The zero-order chi connectivity index (χ0) is 6.62. The van der Waals surface area contributed by atoms with Crippen LogP contribution in [0.15, 0.2) is 12.2 Å². The quantitative estimate of drug-likeness (QED) is 0.508. The summed E-state index contributed by atoms with van der Waals surface area (Å²) in [4.78, 5) is 0. The van der Waals surface area contributed by atoms with Crippen molar-refractivity contribution in [2.75, 3.05) is 0 Å². The fraction of sp³-hybridized carbons (Fsp3) is 0.500. The van der Waals surface area contributed by atoms with Crippen LogP contribution < -0.4 is 0 Å². The number of rotatable bonds is 2. The van der Waals surface area contributed by atoms with Crippen LogP contribution in [-0.4, -0.2) is 10.5 Å². The van der Waals surface area contributed by atoms with E-state index in [4.69, 9.17) is 30.0 Å². The van der Waals surface area contributed by atoms with Crippen LogP contribution in [0, 0.1) is 0 Å². The van der Waals surface area contributed by atoms with Crippen LogP contribution >= 0.6 is 30.0 Å². The van der Waals surface area contributed by atoms with E-state index >= 15 is 0 Å². The van der Waals surface area contributed by atoms with Gasteiger partial charge in [0.1, 0.15) is 0 Å². The summed E-state index contributed by atoms with van der Waals surface area (Å²) in [5.74, 6) is 0. The standard InChI is InChI=1S/C4H7Cl3Ge/c1-2-3-4-8(5,6)7/h2-3H,4H2,1H3/b3-2+. The molecule has 0 rings (SSSR count). The van der Waals surface area contributed by atoms with Crippen molar-refractivity contribution >= 4 is 40.5 Å². The molecular weight excluding hydrogens is 227 g/mol. The van der Waals surface area contributed by atoms with E-state index in [1.54, 1.807) is 0 Å². The van der Waals surface area contributed by atoms with Gasteiger partial charge in [-0.1, -0.05) is 0 Å². The van der Waals surface area contributed by atoms with E-state index in [0.717, 1.165) is 0 Å². The van der Waals surface area contributed by atoms with Gasteiger partial charge < -0.3 is 0 Å². The second kappa shape index (κ2) is 4.05. The van der Waals surface area contributed by atoms with E-state index in [1.165, 1.54) is 0 Å². The molecule has 0 aromatic heterocycles. The molecule has 0 atom stereocenters. The van der Waals surface area contributed by atoms with Crippen molar-refractivity contribution in [2.24, 2.45) is 0 Å². The molecule has 0 aliphatic rings. The first-order valence-corrected chi connectivity index (χ1v) is 12.0. The van der Waals surface area contributed by atoms with Gasteiger partial charge in [0, 0.05) is 0 Å². The first-order chi connectivity index (χ1) is 3.56. The van der Waals surface area contributed by atoms with E-state index in [0.29, 0.717) is 5.25 Å². The van der Waals surface area contributed by atoms with Gasteiger partial charge in [-0.25, -0.2) is 0 Å². The molecule has 48 valence electrons. The average Bonchev–Trinajstić information content (AvgIpc) is 1.59. The Balaban J connectivity index is 3.39. The van der Waals surface area contributed by atoms with Gasteiger partial charge in [0.2, 0.25) is 0 Å². The molecular formula is C4H7Cl3Ge. The SMILES string of the molecule is C/C=C/[CH2][Ge]([Cl])([Cl])[Cl]. The molecule has 0 bridgehead atoms. The Labute approximate surface area is 64.7 Å². The summed E-state index contributed by atoms with van der Waals surface area (Å²) in [6.07, 6.45) is 3.79. The van der Waals surface area contributed by atoms with Gasteiger partial charge in [0.15, 0.2) is 0 Å². The van der Waals surface area contributed by atoms with E-state index < -0.39 is 10.5 Å². The molecule has 0 radical (unpaired) electrons. The Kier molecular flexibility index (Phi) is 4.63. The Morgan fingerprint density at radius 2 is 1.88 bits per heavy atom. The van der Waals surface area contributed by atoms with Crippen LogP contribution in [0.25, 0.3) is 0 Å². The molecule has 4 heteroatoms. The summed E-state index contributed by atoms with van der Waals surface area (Å²) in [6, 6.07) is 0. The van der Waals surface area contributed by atoms with Crippen molar-refractivity contribution in [3.05, 3.63) is 12.2 Å². The number of hydrogen-bond donors (Lipinski definition) is 0. The third kappa shape index (κ3) is 7.15. The zero-order valence-electron chi connectivity index (χ0n) is 4.50. The molecule has 0 N–H and O–H groups in total. The Morgan fingerprint density at radius 3 is 2.00 bits per heavy atom. The second-order valence-corrected chi connectivity index (χ2v) is 17.9.